The molecule has 0 aliphatic carbocycles. The van der Waals surface area contributed by atoms with Gasteiger partial charge < -0.3 is 29.6 Å². The number of halogens is 1. The molecule has 0 bridgehead atoms. The molecule has 1 N–H and O–H groups in total. The van der Waals surface area contributed by atoms with Crippen molar-refractivity contribution in [3.63, 3.8) is 0 Å². The monoisotopic (exact) mass is 340 g/mol. The summed E-state index contributed by atoms with van der Waals surface area (Å²) >= 11 is -4.01. The van der Waals surface area contributed by atoms with Gasteiger partial charge in [-0.1, -0.05) is 0 Å². The van der Waals surface area contributed by atoms with Crippen LogP contribution in [0.3, 0.4) is 0 Å². The van der Waals surface area contributed by atoms with Gasteiger partial charge in [-0.05, 0) is 0 Å². The molecule has 0 aromatic carbocycles. The topological polar surface area (TPSA) is 153 Å². The first-order chi connectivity index (χ1) is 3.73. The Morgan fingerprint density at radius 1 is 1.00 bits per heavy atom. The average molecular weight is 340 g/mol. The predicted octanol–water partition coefficient (Wildman–Crippen LogP) is -17.7. The van der Waals surface area contributed by atoms with Crippen LogP contribution in [0.1, 0.15) is 0 Å². The molecule has 0 aliphatic heterocycles. The Hall–Kier alpha value is 3.72. The Labute approximate surface area is 144 Å². The van der Waals surface area contributed by atoms with Crippen molar-refractivity contribution in [2.24, 2.45) is 0 Å². The van der Waals surface area contributed by atoms with Crippen molar-refractivity contribution in [3.8, 4) is 0 Å². The van der Waals surface area contributed by atoms with E-state index in [2.05, 4.69) is 0 Å². The SMILES string of the molecule is O=P([O-])([O-])O.[Na+].[Na+].[Na+].[O-][I+2]([O-])[O-]. The minimum absolute atomic E-state index is 0. The normalized spacial score (nSPS) is 7.92. The predicted molar refractivity (Wildman–Crippen MR) is 9.83 cm³/mol. The van der Waals surface area contributed by atoms with Crippen LogP contribution in [0.5, 0.6) is 0 Å². The van der Waals surface area contributed by atoms with E-state index in [-0.39, 0.29) is 88.7 Å². The molecule has 0 aromatic heterocycles. The van der Waals surface area contributed by atoms with E-state index < -0.39 is 28.9 Å². The van der Waals surface area contributed by atoms with Gasteiger partial charge in [0.1, 0.15) is 0 Å². The van der Waals surface area contributed by atoms with Crippen molar-refractivity contribution in [1.29, 1.82) is 0 Å². The van der Waals surface area contributed by atoms with E-state index in [0.717, 1.165) is 0 Å². The van der Waals surface area contributed by atoms with Gasteiger partial charge in [0.2, 0.25) is 0 Å². The van der Waals surface area contributed by atoms with Crippen LogP contribution in [0.4, 0.5) is 0 Å². The number of hydrogen-bond donors (Lipinski definition) is 1. The van der Waals surface area contributed by atoms with Crippen LogP contribution < -0.4 is 130 Å². The molecule has 0 radical (unpaired) electrons. The second-order valence-corrected chi connectivity index (χ2v) is 2.67. The summed E-state index contributed by atoms with van der Waals surface area (Å²) in [5.74, 6) is 0. The van der Waals surface area contributed by atoms with Gasteiger partial charge in [-0.3, -0.25) is 0 Å². The third kappa shape index (κ3) is 160. The summed E-state index contributed by atoms with van der Waals surface area (Å²) in [7, 11) is -5.14. The van der Waals surface area contributed by atoms with Gasteiger partial charge >= 0.3 is 88.7 Å². The zero-order chi connectivity index (χ0) is 8.08. The maximum Gasteiger partial charge on any atom is 1.00 e. The number of rotatable bonds is 0. The molecule has 0 fully saturated rings. The van der Waals surface area contributed by atoms with E-state index in [9.17, 15) is 0 Å². The van der Waals surface area contributed by atoms with Crippen molar-refractivity contribution in [3.05, 3.63) is 0 Å². The van der Waals surface area contributed by atoms with Crippen molar-refractivity contribution >= 4 is 7.82 Å². The maximum absolute atomic E-state index is 8.66. The second-order valence-electron chi connectivity index (χ2n) is 0.658. The van der Waals surface area contributed by atoms with Crippen LogP contribution in [-0.2, 0) is 4.57 Å². The Morgan fingerprint density at radius 2 is 1.00 bits per heavy atom. The molecule has 0 aromatic rings. The molecule has 0 saturated carbocycles. The molecule has 0 heterocycles. The van der Waals surface area contributed by atoms with Gasteiger partial charge in [0.05, 0.1) is 7.82 Å². The molecule has 0 rings (SSSR count). The summed E-state index contributed by atoms with van der Waals surface area (Å²) < 4.78 is 34.4. The van der Waals surface area contributed by atoms with Crippen LogP contribution >= 0.6 is 7.82 Å². The van der Waals surface area contributed by atoms with Crippen LogP contribution in [0.25, 0.3) is 0 Å². The summed E-state index contributed by atoms with van der Waals surface area (Å²) in [6.45, 7) is 0. The molecule has 12 heteroatoms. The van der Waals surface area contributed by atoms with Gasteiger partial charge in [0.15, 0.2) is 0 Å². The molecule has 0 spiro atoms. The van der Waals surface area contributed by atoms with Crippen LogP contribution in [-0.4, -0.2) is 4.89 Å². The molecule has 0 aliphatic rings. The minimum atomic E-state index is -5.14. The van der Waals surface area contributed by atoms with Crippen molar-refractivity contribution in [2.45, 2.75) is 0 Å². The quantitative estimate of drug-likeness (QED) is 0.261. The van der Waals surface area contributed by atoms with E-state index in [1.807, 2.05) is 0 Å². The van der Waals surface area contributed by atoms with Gasteiger partial charge in [-0.15, -0.1) is 0 Å². The molecule has 12 heavy (non-hydrogen) atoms. The largest absolute Gasteiger partial charge is 1.00 e. The standard InChI is InChI=1S/IO3.3Na.H3O4P/c2-1(3)4;;;;1-5(2,3)4/h;;;;(H3,1,2,3,4)/q-1;3*+1;/p-2. The van der Waals surface area contributed by atoms with Gasteiger partial charge in [0, 0.05) is 0 Å². The van der Waals surface area contributed by atoms with Crippen LogP contribution in [0.15, 0.2) is 0 Å². The van der Waals surface area contributed by atoms with Crippen molar-refractivity contribution < 1.29 is 139 Å². The van der Waals surface area contributed by atoms with Gasteiger partial charge in [0.25, 0.3) is 21.1 Å². The van der Waals surface area contributed by atoms with Crippen molar-refractivity contribution in [1.82, 2.24) is 0 Å². The Bertz CT molecular complexity index is 89.8. The zero-order valence-corrected chi connectivity index (χ0v) is 15.8. The van der Waals surface area contributed by atoms with E-state index in [4.69, 9.17) is 29.6 Å². The first-order valence-corrected chi connectivity index (χ1v) is 5.35. The first kappa shape index (κ1) is 29.6. The molecule has 7 nitrogen and oxygen atoms in total. The van der Waals surface area contributed by atoms with Crippen LogP contribution in [0, 0.1) is 0 Å². The molecule has 0 atom stereocenters. The summed E-state index contributed by atoms with van der Waals surface area (Å²) in [6.07, 6.45) is 0. The second kappa shape index (κ2) is 17.1. The third-order valence-electron chi connectivity index (χ3n) is 0. The summed E-state index contributed by atoms with van der Waals surface area (Å²) in [5, 5.41) is 0. The zero-order valence-electron chi connectivity index (χ0n) is 6.72. The Morgan fingerprint density at radius 3 is 1.00 bits per heavy atom. The Balaban J connectivity index is -0.0000000221. The van der Waals surface area contributed by atoms with Gasteiger partial charge in [-0.25, -0.2) is 0 Å². The molecular formula is HINa3O7P. The smallest absolute Gasteiger partial charge is 0.790 e. The fraction of sp³-hybridized carbons (Fsp3) is 0. The summed E-state index contributed by atoms with van der Waals surface area (Å²) in [4.78, 5) is 24.3. The number of phosphoric acid groups is 1. The molecule has 0 unspecified atom stereocenters. The van der Waals surface area contributed by atoms with Gasteiger partial charge in [-0.2, -0.15) is 0 Å². The Kier molecular flexibility index (Phi) is 42.3. The minimum Gasteiger partial charge on any atom is -0.790 e. The fourth-order valence-electron chi connectivity index (χ4n) is 0. The third-order valence-corrected chi connectivity index (χ3v) is 0. The molecule has 0 amide bonds. The fourth-order valence-corrected chi connectivity index (χ4v) is 0. The summed E-state index contributed by atoms with van der Waals surface area (Å²) in [5.41, 5.74) is 0. The molecular weight excluding hydrogens is 339 g/mol. The summed E-state index contributed by atoms with van der Waals surface area (Å²) in [6, 6.07) is 0. The molecule has 0 saturated heterocycles. The molecule has 58 valence electrons. The van der Waals surface area contributed by atoms with E-state index in [1.165, 1.54) is 0 Å². The van der Waals surface area contributed by atoms with E-state index in [1.54, 1.807) is 0 Å². The number of hydrogen-bond acceptors (Lipinski definition) is 6. The van der Waals surface area contributed by atoms with Crippen LogP contribution in [0.2, 0.25) is 0 Å². The van der Waals surface area contributed by atoms with E-state index >= 15 is 0 Å². The first-order valence-electron chi connectivity index (χ1n) is 1.21. The maximum atomic E-state index is 8.66. The average Bonchev–Trinajstić information content (AvgIpc) is 1.19. The van der Waals surface area contributed by atoms with E-state index in [0.29, 0.717) is 0 Å². The van der Waals surface area contributed by atoms with Crippen molar-refractivity contribution in [2.75, 3.05) is 0 Å².